The molecule has 1 aliphatic rings. The van der Waals surface area contributed by atoms with Gasteiger partial charge in [0.05, 0.1) is 11.5 Å². The van der Waals surface area contributed by atoms with Gasteiger partial charge in [0.15, 0.2) is 0 Å². The number of nitrogens with zero attached hydrogens (tertiary/aromatic N) is 1. The van der Waals surface area contributed by atoms with Crippen molar-refractivity contribution in [2.75, 3.05) is 20.3 Å². The zero-order valence-electron chi connectivity index (χ0n) is 10.2. The van der Waals surface area contributed by atoms with Gasteiger partial charge < -0.3 is 4.74 Å². The molecule has 0 aromatic heterocycles. The van der Waals surface area contributed by atoms with Crippen LogP contribution in [-0.4, -0.2) is 39.0 Å². The Labute approximate surface area is 122 Å². The quantitative estimate of drug-likeness (QED) is 0.751. The predicted octanol–water partition coefficient (Wildman–Crippen LogP) is 2.09. The van der Waals surface area contributed by atoms with Crippen LogP contribution in [0.25, 0.3) is 0 Å². The standard InChI is InChI=1S/C12H16INO3S/c1-17-9-11-3-2-8-14(11)18(15,16)12-6-4-10(13)5-7-12/h4-7,11H,2-3,8-9H2,1H3/t11-/m1/s1. The first kappa shape index (κ1) is 14.2. The number of hydrogen-bond donors (Lipinski definition) is 0. The fourth-order valence-electron chi connectivity index (χ4n) is 2.23. The molecule has 100 valence electrons. The Hall–Kier alpha value is -0.180. The number of benzene rings is 1. The molecule has 0 aliphatic carbocycles. The van der Waals surface area contributed by atoms with Gasteiger partial charge in [-0.1, -0.05) is 0 Å². The molecule has 1 heterocycles. The number of methoxy groups -OCH3 is 1. The third kappa shape index (κ3) is 2.87. The highest BCUT2D eigenvalue weighted by atomic mass is 127. The van der Waals surface area contributed by atoms with E-state index in [2.05, 4.69) is 22.6 Å². The highest BCUT2D eigenvalue weighted by Gasteiger charge is 2.34. The second-order valence-electron chi connectivity index (χ2n) is 4.32. The molecule has 1 saturated heterocycles. The van der Waals surface area contributed by atoms with Gasteiger partial charge in [0.1, 0.15) is 0 Å². The maximum absolute atomic E-state index is 12.5. The van der Waals surface area contributed by atoms with E-state index in [9.17, 15) is 8.42 Å². The Morgan fingerprint density at radius 2 is 2.06 bits per heavy atom. The predicted molar refractivity (Wildman–Crippen MR) is 77.9 cm³/mol. The lowest BCUT2D eigenvalue weighted by Gasteiger charge is -2.23. The van der Waals surface area contributed by atoms with Gasteiger partial charge >= 0.3 is 0 Å². The Balaban J connectivity index is 2.27. The molecule has 6 heteroatoms. The molecule has 0 saturated carbocycles. The first-order chi connectivity index (χ1) is 8.55. The van der Waals surface area contributed by atoms with Gasteiger partial charge in [-0.05, 0) is 59.7 Å². The molecule has 0 amide bonds. The van der Waals surface area contributed by atoms with Crippen LogP contribution in [0.3, 0.4) is 0 Å². The molecule has 1 atom stereocenters. The van der Waals surface area contributed by atoms with Gasteiger partial charge in [-0.3, -0.25) is 0 Å². The van der Waals surface area contributed by atoms with Crippen molar-refractivity contribution in [1.29, 1.82) is 0 Å². The number of hydrogen-bond acceptors (Lipinski definition) is 3. The highest BCUT2D eigenvalue weighted by molar-refractivity contribution is 14.1. The van der Waals surface area contributed by atoms with E-state index in [1.54, 1.807) is 23.5 Å². The lowest BCUT2D eigenvalue weighted by atomic mass is 10.2. The lowest BCUT2D eigenvalue weighted by Crippen LogP contribution is -2.38. The summed E-state index contributed by atoms with van der Waals surface area (Å²) in [5, 5.41) is 0. The zero-order chi connectivity index (χ0) is 13.2. The number of ether oxygens (including phenoxy) is 1. The van der Waals surface area contributed by atoms with Gasteiger partial charge in [-0.2, -0.15) is 4.31 Å². The fraction of sp³-hybridized carbons (Fsp3) is 0.500. The van der Waals surface area contributed by atoms with Crippen LogP contribution in [-0.2, 0) is 14.8 Å². The maximum atomic E-state index is 12.5. The van der Waals surface area contributed by atoms with Crippen LogP contribution < -0.4 is 0 Å². The van der Waals surface area contributed by atoms with Crippen molar-refractivity contribution in [1.82, 2.24) is 4.31 Å². The van der Waals surface area contributed by atoms with Crippen molar-refractivity contribution in [3.8, 4) is 0 Å². The third-order valence-electron chi connectivity index (χ3n) is 3.10. The molecule has 0 spiro atoms. The van der Waals surface area contributed by atoms with Gasteiger partial charge in [-0.25, -0.2) is 8.42 Å². The first-order valence-corrected chi connectivity index (χ1v) is 8.34. The summed E-state index contributed by atoms with van der Waals surface area (Å²) < 4.78 is 32.7. The van der Waals surface area contributed by atoms with Gasteiger partial charge in [-0.15, -0.1) is 0 Å². The van der Waals surface area contributed by atoms with Crippen molar-refractivity contribution >= 4 is 32.6 Å². The largest absolute Gasteiger partial charge is 0.383 e. The summed E-state index contributed by atoms with van der Waals surface area (Å²) in [6, 6.07) is 6.93. The lowest BCUT2D eigenvalue weighted by molar-refractivity contribution is 0.149. The highest BCUT2D eigenvalue weighted by Crippen LogP contribution is 2.26. The van der Waals surface area contributed by atoms with E-state index in [1.165, 1.54) is 0 Å². The molecular formula is C12H16INO3S. The van der Waals surface area contributed by atoms with Gasteiger partial charge in [0, 0.05) is 23.3 Å². The topological polar surface area (TPSA) is 46.6 Å². The van der Waals surface area contributed by atoms with Crippen LogP contribution in [0.1, 0.15) is 12.8 Å². The van der Waals surface area contributed by atoms with Crippen molar-refractivity contribution in [2.24, 2.45) is 0 Å². The molecule has 0 bridgehead atoms. The van der Waals surface area contributed by atoms with E-state index in [-0.39, 0.29) is 6.04 Å². The third-order valence-corrected chi connectivity index (χ3v) is 5.79. The maximum Gasteiger partial charge on any atom is 0.243 e. The first-order valence-electron chi connectivity index (χ1n) is 5.82. The summed E-state index contributed by atoms with van der Waals surface area (Å²) in [6.45, 7) is 1.05. The second kappa shape index (κ2) is 5.85. The van der Waals surface area contributed by atoms with Crippen LogP contribution in [0, 0.1) is 3.57 Å². The van der Waals surface area contributed by atoms with Crippen molar-refractivity contribution in [2.45, 2.75) is 23.8 Å². The van der Waals surface area contributed by atoms with E-state index in [0.29, 0.717) is 18.0 Å². The molecule has 1 aromatic rings. The number of sulfonamides is 1. The SMILES string of the molecule is COC[C@H]1CCCN1S(=O)(=O)c1ccc(I)cc1. The molecule has 2 rings (SSSR count). The van der Waals surface area contributed by atoms with Crippen LogP contribution in [0.15, 0.2) is 29.2 Å². The Morgan fingerprint density at radius 3 is 2.67 bits per heavy atom. The fourth-order valence-corrected chi connectivity index (χ4v) is 4.27. The Bertz CT molecular complexity index is 501. The summed E-state index contributed by atoms with van der Waals surface area (Å²) in [4.78, 5) is 0.367. The molecule has 0 radical (unpaired) electrons. The minimum absolute atomic E-state index is 0.0284. The average molecular weight is 381 g/mol. The number of halogens is 1. The van der Waals surface area contributed by atoms with Crippen LogP contribution in [0.5, 0.6) is 0 Å². The molecule has 1 fully saturated rings. The molecule has 0 unspecified atom stereocenters. The Kier molecular flexibility index (Phi) is 4.63. The smallest absolute Gasteiger partial charge is 0.243 e. The van der Waals surface area contributed by atoms with Crippen LogP contribution in [0.4, 0.5) is 0 Å². The molecule has 18 heavy (non-hydrogen) atoms. The van der Waals surface area contributed by atoms with E-state index >= 15 is 0 Å². The Morgan fingerprint density at radius 1 is 1.39 bits per heavy atom. The van der Waals surface area contributed by atoms with Gasteiger partial charge in [0.25, 0.3) is 0 Å². The van der Waals surface area contributed by atoms with E-state index < -0.39 is 10.0 Å². The van der Waals surface area contributed by atoms with Crippen LogP contribution >= 0.6 is 22.6 Å². The normalized spacial score (nSPS) is 21.3. The average Bonchev–Trinajstić information content (AvgIpc) is 2.79. The summed E-state index contributed by atoms with van der Waals surface area (Å²) in [7, 11) is -1.77. The minimum Gasteiger partial charge on any atom is -0.383 e. The van der Waals surface area contributed by atoms with Crippen LogP contribution in [0.2, 0.25) is 0 Å². The summed E-state index contributed by atoms with van der Waals surface area (Å²) in [5.41, 5.74) is 0. The van der Waals surface area contributed by atoms with Crippen molar-refractivity contribution < 1.29 is 13.2 Å². The summed E-state index contributed by atoms with van der Waals surface area (Å²) in [6.07, 6.45) is 1.77. The number of rotatable bonds is 4. The molecule has 0 N–H and O–H groups in total. The van der Waals surface area contributed by atoms with E-state index in [0.717, 1.165) is 16.4 Å². The molecule has 1 aliphatic heterocycles. The van der Waals surface area contributed by atoms with Crippen molar-refractivity contribution in [3.05, 3.63) is 27.8 Å². The molecule has 4 nitrogen and oxygen atoms in total. The monoisotopic (exact) mass is 381 g/mol. The van der Waals surface area contributed by atoms with Gasteiger partial charge in [0.2, 0.25) is 10.0 Å². The molecular weight excluding hydrogens is 365 g/mol. The van der Waals surface area contributed by atoms with Crippen molar-refractivity contribution in [3.63, 3.8) is 0 Å². The zero-order valence-corrected chi connectivity index (χ0v) is 13.1. The van der Waals surface area contributed by atoms with E-state index in [1.807, 2.05) is 12.1 Å². The summed E-state index contributed by atoms with van der Waals surface area (Å²) in [5.74, 6) is 0. The second-order valence-corrected chi connectivity index (χ2v) is 7.46. The minimum atomic E-state index is -3.38. The molecule has 1 aromatic carbocycles. The van der Waals surface area contributed by atoms with E-state index in [4.69, 9.17) is 4.74 Å². The summed E-state index contributed by atoms with van der Waals surface area (Å²) >= 11 is 2.16.